The number of carbonyl (C=O) groups is 2. The Hall–Kier alpha value is -3.64. The zero-order chi connectivity index (χ0) is 23.8. The van der Waals surface area contributed by atoms with Crippen LogP contribution in [0.1, 0.15) is 27.0 Å². The van der Waals surface area contributed by atoms with Gasteiger partial charge in [-0.15, -0.1) is 0 Å². The normalized spacial score (nSPS) is 10.8. The molecule has 1 N–H and O–H groups in total. The first-order valence-corrected chi connectivity index (χ1v) is 11.1. The van der Waals surface area contributed by atoms with Crippen molar-refractivity contribution in [2.75, 3.05) is 12.4 Å². The molecule has 0 aliphatic rings. The Labute approximate surface area is 206 Å². The minimum absolute atomic E-state index is 0.0452. The first-order chi connectivity index (χ1) is 15.9. The van der Waals surface area contributed by atoms with E-state index in [1.165, 1.54) is 30.9 Å². The van der Waals surface area contributed by atoms with Gasteiger partial charge in [0.1, 0.15) is 24.0 Å². The number of halogens is 1. The van der Waals surface area contributed by atoms with Gasteiger partial charge in [-0.25, -0.2) is 4.79 Å². The van der Waals surface area contributed by atoms with E-state index in [2.05, 4.69) is 32.6 Å². The maximum absolute atomic E-state index is 12.5. The molecule has 3 aromatic rings. The smallest absolute Gasteiger partial charge is 0.337 e. The summed E-state index contributed by atoms with van der Waals surface area (Å²) < 4.78 is 11.4. The lowest BCUT2D eigenvalue weighted by molar-refractivity contribution is -0.112. The van der Waals surface area contributed by atoms with Crippen LogP contribution < -0.4 is 10.1 Å². The first kappa shape index (κ1) is 24.0. The predicted octanol–water partition coefficient (Wildman–Crippen LogP) is 5.51. The molecule has 166 valence electrons. The molecular formula is C26H21IN2O4. The van der Waals surface area contributed by atoms with Crippen LogP contribution in [0.4, 0.5) is 5.69 Å². The number of benzene rings is 3. The monoisotopic (exact) mass is 552 g/mol. The fraction of sp³-hybridized carbons (Fsp3) is 0.115. The molecule has 33 heavy (non-hydrogen) atoms. The van der Waals surface area contributed by atoms with E-state index in [4.69, 9.17) is 4.74 Å². The number of aryl methyl sites for hydroxylation is 1. The maximum Gasteiger partial charge on any atom is 0.337 e. The number of nitrogens with zero attached hydrogens (tertiary/aromatic N) is 1. The summed E-state index contributed by atoms with van der Waals surface area (Å²) in [6.45, 7) is 2.49. The molecular weight excluding hydrogens is 531 g/mol. The summed E-state index contributed by atoms with van der Waals surface area (Å²) in [5, 5.41) is 12.1. The van der Waals surface area contributed by atoms with E-state index in [0.717, 1.165) is 14.9 Å². The molecule has 3 aromatic carbocycles. The Morgan fingerprint density at radius 2 is 1.76 bits per heavy atom. The number of nitriles is 1. The number of amides is 1. The minimum atomic E-state index is -0.543. The molecule has 1 amide bonds. The Bertz CT molecular complexity index is 1230. The summed E-state index contributed by atoms with van der Waals surface area (Å²) in [5.74, 6) is -0.286. The second-order valence-electron chi connectivity index (χ2n) is 7.16. The molecule has 6 nitrogen and oxygen atoms in total. The van der Waals surface area contributed by atoms with E-state index in [1.54, 1.807) is 18.2 Å². The van der Waals surface area contributed by atoms with Crippen molar-refractivity contribution >= 4 is 46.2 Å². The van der Waals surface area contributed by atoms with Crippen LogP contribution >= 0.6 is 22.6 Å². The highest BCUT2D eigenvalue weighted by Crippen LogP contribution is 2.24. The molecule has 0 saturated carbocycles. The third-order valence-electron chi connectivity index (χ3n) is 4.71. The van der Waals surface area contributed by atoms with Crippen molar-refractivity contribution in [1.29, 1.82) is 5.26 Å². The number of esters is 1. The van der Waals surface area contributed by atoms with Crippen LogP contribution in [-0.2, 0) is 16.1 Å². The number of carbonyl (C=O) groups excluding carboxylic acids is 2. The standard InChI is InChI=1S/C26H21IN2O4/c1-17-3-5-18(6-4-17)16-33-24-12-7-19(14-23(24)27)13-21(15-28)25(30)29-22-10-8-20(9-11-22)26(31)32-2/h3-14H,16H2,1-2H3,(H,29,30)/b21-13+. The Balaban J connectivity index is 1.67. The van der Waals surface area contributed by atoms with Crippen molar-refractivity contribution < 1.29 is 19.1 Å². The summed E-state index contributed by atoms with van der Waals surface area (Å²) in [7, 11) is 1.30. The zero-order valence-corrected chi connectivity index (χ0v) is 20.3. The van der Waals surface area contributed by atoms with Crippen LogP contribution in [0.2, 0.25) is 0 Å². The lowest BCUT2D eigenvalue weighted by atomic mass is 10.1. The van der Waals surface area contributed by atoms with Gasteiger partial charge in [-0.2, -0.15) is 5.26 Å². The Morgan fingerprint density at radius 3 is 2.36 bits per heavy atom. The number of anilines is 1. The maximum atomic E-state index is 12.5. The van der Waals surface area contributed by atoms with Gasteiger partial charge < -0.3 is 14.8 Å². The second kappa shape index (κ2) is 11.3. The molecule has 0 aromatic heterocycles. The van der Waals surface area contributed by atoms with Gasteiger partial charge in [0, 0.05) is 5.69 Å². The lowest BCUT2D eigenvalue weighted by Gasteiger charge is -2.10. The molecule has 7 heteroatoms. The van der Waals surface area contributed by atoms with Gasteiger partial charge in [0.2, 0.25) is 0 Å². The second-order valence-corrected chi connectivity index (χ2v) is 8.32. The van der Waals surface area contributed by atoms with Crippen molar-refractivity contribution in [3.8, 4) is 11.8 Å². The van der Waals surface area contributed by atoms with Crippen LogP contribution in [0.15, 0.2) is 72.3 Å². The summed E-state index contributed by atoms with van der Waals surface area (Å²) in [6.07, 6.45) is 1.52. The third kappa shape index (κ3) is 6.67. The highest BCUT2D eigenvalue weighted by Gasteiger charge is 2.12. The van der Waals surface area contributed by atoms with Crippen LogP contribution in [-0.4, -0.2) is 19.0 Å². The van der Waals surface area contributed by atoms with E-state index in [-0.39, 0.29) is 5.57 Å². The molecule has 0 atom stereocenters. The van der Waals surface area contributed by atoms with Crippen LogP contribution in [0.5, 0.6) is 5.75 Å². The van der Waals surface area contributed by atoms with Gasteiger partial charge >= 0.3 is 5.97 Å². The molecule has 0 radical (unpaired) electrons. The van der Waals surface area contributed by atoms with E-state index < -0.39 is 11.9 Å². The van der Waals surface area contributed by atoms with Crippen LogP contribution in [0.25, 0.3) is 6.08 Å². The SMILES string of the molecule is COC(=O)c1ccc(NC(=O)/C(C#N)=C/c2ccc(OCc3ccc(C)cc3)c(I)c2)cc1. The summed E-state index contributed by atoms with van der Waals surface area (Å²) in [5.41, 5.74) is 3.75. The van der Waals surface area contributed by atoms with Crippen LogP contribution in [0, 0.1) is 21.8 Å². The van der Waals surface area contributed by atoms with Gasteiger partial charge in [-0.05, 0) is 83.1 Å². The van der Waals surface area contributed by atoms with Gasteiger partial charge in [-0.3, -0.25) is 4.79 Å². The number of rotatable bonds is 7. The van der Waals surface area contributed by atoms with Gasteiger partial charge in [0.05, 0.1) is 16.2 Å². The number of methoxy groups -OCH3 is 1. The van der Waals surface area contributed by atoms with Gasteiger partial charge in [0.15, 0.2) is 0 Å². The van der Waals surface area contributed by atoms with E-state index >= 15 is 0 Å². The molecule has 0 aliphatic heterocycles. The molecule has 0 fully saturated rings. The average Bonchev–Trinajstić information content (AvgIpc) is 2.83. The number of hydrogen-bond donors (Lipinski definition) is 1. The predicted molar refractivity (Wildman–Crippen MR) is 135 cm³/mol. The van der Waals surface area contributed by atoms with Crippen molar-refractivity contribution in [3.63, 3.8) is 0 Å². The number of hydrogen-bond acceptors (Lipinski definition) is 5. The molecule has 0 spiro atoms. The highest BCUT2D eigenvalue weighted by molar-refractivity contribution is 14.1. The molecule has 0 aliphatic carbocycles. The van der Waals surface area contributed by atoms with Crippen molar-refractivity contribution in [1.82, 2.24) is 0 Å². The Morgan fingerprint density at radius 1 is 1.06 bits per heavy atom. The summed E-state index contributed by atoms with van der Waals surface area (Å²) in [6, 6.07) is 21.8. The molecule has 0 saturated heterocycles. The first-order valence-electron chi connectivity index (χ1n) is 9.99. The summed E-state index contributed by atoms with van der Waals surface area (Å²) in [4.78, 5) is 24.0. The number of ether oxygens (including phenoxy) is 2. The number of nitrogens with one attached hydrogen (secondary N) is 1. The van der Waals surface area contributed by atoms with Gasteiger partial charge in [0.25, 0.3) is 5.91 Å². The quantitative estimate of drug-likeness (QED) is 0.181. The third-order valence-corrected chi connectivity index (χ3v) is 5.55. The zero-order valence-electron chi connectivity index (χ0n) is 18.1. The molecule has 3 rings (SSSR count). The molecule has 0 heterocycles. The van der Waals surface area contributed by atoms with Crippen molar-refractivity contribution in [2.45, 2.75) is 13.5 Å². The van der Waals surface area contributed by atoms with Crippen molar-refractivity contribution in [2.24, 2.45) is 0 Å². The average molecular weight is 552 g/mol. The fourth-order valence-corrected chi connectivity index (χ4v) is 3.59. The lowest BCUT2D eigenvalue weighted by Crippen LogP contribution is -2.13. The Kier molecular flexibility index (Phi) is 8.22. The van der Waals surface area contributed by atoms with Gasteiger partial charge in [-0.1, -0.05) is 35.9 Å². The van der Waals surface area contributed by atoms with E-state index in [9.17, 15) is 14.9 Å². The van der Waals surface area contributed by atoms with E-state index in [1.807, 2.05) is 49.4 Å². The van der Waals surface area contributed by atoms with E-state index in [0.29, 0.717) is 23.4 Å². The fourth-order valence-electron chi connectivity index (χ4n) is 2.89. The largest absolute Gasteiger partial charge is 0.488 e. The minimum Gasteiger partial charge on any atom is -0.488 e. The molecule has 0 bridgehead atoms. The van der Waals surface area contributed by atoms with Crippen LogP contribution in [0.3, 0.4) is 0 Å². The molecule has 0 unspecified atom stereocenters. The summed E-state index contributed by atoms with van der Waals surface area (Å²) >= 11 is 2.16. The highest BCUT2D eigenvalue weighted by atomic mass is 127. The topological polar surface area (TPSA) is 88.4 Å². The van der Waals surface area contributed by atoms with Crippen molar-refractivity contribution in [3.05, 3.63) is 98.1 Å².